The fourth-order valence-corrected chi connectivity index (χ4v) is 3.86. The van der Waals surface area contributed by atoms with E-state index < -0.39 is 0 Å². The minimum atomic E-state index is 0.844. The molecule has 4 heteroatoms. The summed E-state index contributed by atoms with van der Waals surface area (Å²) in [4.78, 5) is 8.65. The summed E-state index contributed by atoms with van der Waals surface area (Å²) in [6, 6.07) is 0.847. The Bertz CT molecular complexity index is 406. The Balaban J connectivity index is 1.49. The summed E-state index contributed by atoms with van der Waals surface area (Å²) in [5, 5.41) is 4.98. The van der Waals surface area contributed by atoms with Crippen LogP contribution in [0.2, 0.25) is 0 Å². The van der Waals surface area contributed by atoms with Crippen molar-refractivity contribution >= 4 is 11.3 Å². The van der Waals surface area contributed by atoms with Crippen molar-refractivity contribution in [3.05, 3.63) is 15.6 Å². The van der Waals surface area contributed by atoms with Gasteiger partial charge in [-0.05, 0) is 58.5 Å². The summed E-state index contributed by atoms with van der Waals surface area (Å²) >= 11 is 1.87. The van der Waals surface area contributed by atoms with Crippen LogP contribution in [-0.4, -0.2) is 35.6 Å². The summed E-state index contributed by atoms with van der Waals surface area (Å²) in [6.45, 7) is 9.06. The zero-order valence-corrected chi connectivity index (χ0v) is 12.9. The summed E-state index contributed by atoms with van der Waals surface area (Å²) in [7, 11) is 0. The van der Waals surface area contributed by atoms with Crippen LogP contribution >= 0.6 is 11.3 Å². The number of rotatable bonds is 5. The van der Waals surface area contributed by atoms with E-state index in [1.807, 2.05) is 11.3 Å². The molecule has 1 saturated carbocycles. The van der Waals surface area contributed by atoms with E-state index in [1.165, 1.54) is 60.9 Å². The predicted molar refractivity (Wildman–Crippen MR) is 80.6 cm³/mol. The van der Waals surface area contributed by atoms with Crippen molar-refractivity contribution in [3.8, 4) is 0 Å². The maximum absolute atomic E-state index is 4.67. The lowest BCUT2D eigenvalue weighted by Crippen LogP contribution is -2.39. The molecule has 1 atom stereocenters. The van der Waals surface area contributed by atoms with Crippen LogP contribution < -0.4 is 5.32 Å². The number of thiazole rings is 1. The zero-order valence-electron chi connectivity index (χ0n) is 12.1. The van der Waals surface area contributed by atoms with Crippen LogP contribution in [0.3, 0.4) is 0 Å². The Kier molecular flexibility index (Phi) is 4.20. The molecule has 3 rings (SSSR count). The summed E-state index contributed by atoms with van der Waals surface area (Å²) in [5.74, 6) is 0.844. The molecular formula is C15H25N3S. The Morgan fingerprint density at radius 2 is 2.16 bits per heavy atom. The molecule has 0 aromatic carbocycles. The highest BCUT2D eigenvalue weighted by Crippen LogP contribution is 2.23. The molecule has 2 fully saturated rings. The van der Waals surface area contributed by atoms with Crippen molar-refractivity contribution in [2.45, 2.75) is 52.1 Å². The number of aryl methyl sites for hydroxylation is 2. The van der Waals surface area contributed by atoms with E-state index in [2.05, 4.69) is 29.0 Å². The van der Waals surface area contributed by atoms with Crippen molar-refractivity contribution in [1.29, 1.82) is 0 Å². The van der Waals surface area contributed by atoms with E-state index in [0.717, 1.165) is 18.5 Å². The standard InChI is InChI=1S/C15H25N3S/c1-11-12(2)19-15(17-11)10-18-7-3-4-13(9-18)8-16-14-5-6-14/h13-14,16H,3-10H2,1-2H3. The van der Waals surface area contributed by atoms with Crippen molar-refractivity contribution < 1.29 is 0 Å². The minimum absolute atomic E-state index is 0.844. The van der Waals surface area contributed by atoms with Gasteiger partial charge in [-0.25, -0.2) is 4.98 Å². The Morgan fingerprint density at radius 1 is 1.32 bits per heavy atom. The molecule has 19 heavy (non-hydrogen) atoms. The van der Waals surface area contributed by atoms with Crippen LogP contribution in [0.15, 0.2) is 0 Å². The molecule has 1 aromatic heterocycles. The monoisotopic (exact) mass is 279 g/mol. The Hall–Kier alpha value is -0.450. The molecule has 1 saturated heterocycles. The molecule has 1 aromatic rings. The second kappa shape index (κ2) is 5.90. The number of hydrogen-bond donors (Lipinski definition) is 1. The second-order valence-electron chi connectivity index (χ2n) is 6.18. The van der Waals surface area contributed by atoms with Gasteiger partial charge in [0.25, 0.3) is 0 Å². The highest BCUT2D eigenvalue weighted by molar-refractivity contribution is 7.11. The SMILES string of the molecule is Cc1nc(CN2CCCC(CNC3CC3)C2)sc1C. The van der Waals surface area contributed by atoms with E-state index in [4.69, 9.17) is 0 Å². The van der Waals surface area contributed by atoms with Gasteiger partial charge in [0.1, 0.15) is 5.01 Å². The topological polar surface area (TPSA) is 28.2 Å². The van der Waals surface area contributed by atoms with Gasteiger partial charge in [-0.2, -0.15) is 0 Å². The number of nitrogens with one attached hydrogen (secondary N) is 1. The molecule has 1 aliphatic heterocycles. The van der Waals surface area contributed by atoms with E-state index >= 15 is 0 Å². The van der Waals surface area contributed by atoms with Crippen LogP contribution in [0.25, 0.3) is 0 Å². The number of nitrogens with zero attached hydrogens (tertiary/aromatic N) is 2. The summed E-state index contributed by atoms with van der Waals surface area (Å²) in [5.41, 5.74) is 1.21. The van der Waals surface area contributed by atoms with Gasteiger partial charge < -0.3 is 5.32 Å². The van der Waals surface area contributed by atoms with E-state index in [9.17, 15) is 0 Å². The number of hydrogen-bond acceptors (Lipinski definition) is 4. The number of likely N-dealkylation sites (tertiary alicyclic amines) is 1. The highest BCUT2D eigenvalue weighted by Gasteiger charge is 2.25. The molecule has 2 heterocycles. The van der Waals surface area contributed by atoms with Gasteiger partial charge in [-0.15, -0.1) is 11.3 Å². The number of aromatic nitrogens is 1. The van der Waals surface area contributed by atoms with Gasteiger partial charge in [0.15, 0.2) is 0 Å². The van der Waals surface area contributed by atoms with Gasteiger partial charge in [-0.1, -0.05) is 0 Å². The summed E-state index contributed by atoms with van der Waals surface area (Å²) in [6.07, 6.45) is 5.54. The molecule has 106 valence electrons. The first-order chi connectivity index (χ1) is 9.20. The van der Waals surface area contributed by atoms with Crippen LogP contribution in [0.1, 0.15) is 41.3 Å². The molecule has 3 nitrogen and oxygen atoms in total. The minimum Gasteiger partial charge on any atom is -0.314 e. The van der Waals surface area contributed by atoms with Gasteiger partial charge >= 0.3 is 0 Å². The second-order valence-corrected chi connectivity index (χ2v) is 7.46. The third kappa shape index (κ3) is 3.77. The average Bonchev–Trinajstić information content (AvgIpc) is 3.15. The molecule has 1 unspecified atom stereocenters. The Morgan fingerprint density at radius 3 is 2.84 bits per heavy atom. The third-order valence-electron chi connectivity index (χ3n) is 4.31. The van der Waals surface area contributed by atoms with Gasteiger partial charge in [0.05, 0.1) is 12.2 Å². The van der Waals surface area contributed by atoms with Crippen LogP contribution in [0, 0.1) is 19.8 Å². The lowest BCUT2D eigenvalue weighted by Gasteiger charge is -2.32. The molecule has 0 spiro atoms. The maximum Gasteiger partial charge on any atom is 0.107 e. The molecular weight excluding hydrogens is 254 g/mol. The van der Waals surface area contributed by atoms with Crippen molar-refractivity contribution in [2.24, 2.45) is 5.92 Å². The van der Waals surface area contributed by atoms with Gasteiger partial charge in [0, 0.05) is 17.5 Å². The van der Waals surface area contributed by atoms with Crippen molar-refractivity contribution in [2.75, 3.05) is 19.6 Å². The first kappa shape index (κ1) is 13.5. The first-order valence-electron chi connectivity index (χ1n) is 7.59. The molecule has 1 N–H and O–H groups in total. The Labute approximate surface area is 120 Å². The maximum atomic E-state index is 4.67. The fraction of sp³-hybridized carbons (Fsp3) is 0.800. The largest absolute Gasteiger partial charge is 0.314 e. The summed E-state index contributed by atoms with van der Waals surface area (Å²) < 4.78 is 0. The van der Waals surface area contributed by atoms with E-state index in [0.29, 0.717) is 0 Å². The number of piperidine rings is 1. The van der Waals surface area contributed by atoms with Crippen LogP contribution in [0.4, 0.5) is 0 Å². The predicted octanol–water partition coefficient (Wildman–Crippen LogP) is 2.72. The fourth-order valence-electron chi connectivity index (χ4n) is 2.88. The quantitative estimate of drug-likeness (QED) is 0.898. The highest BCUT2D eigenvalue weighted by atomic mass is 32.1. The lowest BCUT2D eigenvalue weighted by molar-refractivity contribution is 0.165. The zero-order chi connectivity index (χ0) is 13.2. The lowest BCUT2D eigenvalue weighted by atomic mass is 9.98. The first-order valence-corrected chi connectivity index (χ1v) is 8.41. The molecule has 0 bridgehead atoms. The normalized spacial score (nSPS) is 24.8. The molecule has 0 amide bonds. The van der Waals surface area contributed by atoms with E-state index in [1.54, 1.807) is 0 Å². The smallest absolute Gasteiger partial charge is 0.107 e. The van der Waals surface area contributed by atoms with E-state index in [-0.39, 0.29) is 0 Å². The molecule has 2 aliphatic rings. The van der Waals surface area contributed by atoms with Crippen LogP contribution in [-0.2, 0) is 6.54 Å². The third-order valence-corrected chi connectivity index (χ3v) is 5.36. The molecule has 1 aliphatic carbocycles. The average molecular weight is 279 g/mol. The van der Waals surface area contributed by atoms with Crippen LogP contribution in [0.5, 0.6) is 0 Å². The molecule has 0 radical (unpaired) electrons. The van der Waals surface area contributed by atoms with Crippen molar-refractivity contribution in [3.63, 3.8) is 0 Å². The van der Waals surface area contributed by atoms with Gasteiger partial charge in [-0.3, -0.25) is 4.90 Å². The van der Waals surface area contributed by atoms with Gasteiger partial charge in [0.2, 0.25) is 0 Å². The van der Waals surface area contributed by atoms with Crippen molar-refractivity contribution in [1.82, 2.24) is 15.2 Å².